The molecule has 1 aliphatic carbocycles. The number of hydrogen-bond donors (Lipinski definition) is 2. The Morgan fingerprint density at radius 3 is 2.57 bits per heavy atom. The summed E-state index contributed by atoms with van der Waals surface area (Å²) in [5.74, 6) is -0.425. The predicted octanol–water partition coefficient (Wildman–Crippen LogP) is 2.09. The van der Waals surface area contributed by atoms with Crippen molar-refractivity contribution < 1.29 is 19.4 Å². The molecule has 6 heteroatoms. The molecule has 0 atom stereocenters. The normalized spacial score (nSPS) is 15.4. The lowest BCUT2D eigenvalue weighted by Gasteiger charge is -2.29. The van der Waals surface area contributed by atoms with E-state index in [0.717, 1.165) is 25.8 Å². The zero-order valence-electron chi connectivity index (χ0n) is 13.1. The summed E-state index contributed by atoms with van der Waals surface area (Å²) in [6, 6.07) is 0.296. The molecule has 1 fully saturated rings. The van der Waals surface area contributed by atoms with Crippen LogP contribution in [0.25, 0.3) is 0 Å². The second-order valence-corrected chi connectivity index (χ2v) is 5.99. The van der Waals surface area contributed by atoms with Gasteiger partial charge in [0.1, 0.15) is 6.61 Å². The van der Waals surface area contributed by atoms with E-state index in [2.05, 4.69) is 19.2 Å². The average molecular weight is 300 g/mol. The van der Waals surface area contributed by atoms with Gasteiger partial charge in [0, 0.05) is 19.1 Å². The van der Waals surface area contributed by atoms with E-state index in [0.29, 0.717) is 18.5 Å². The summed E-state index contributed by atoms with van der Waals surface area (Å²) < 4.78 is 4.92. The van der Waals surface area contributed by atoms with Crippen molar-refractivity contribution >= 4 is 12.0 Å². The average Bonchev–Trinajstić information content (AvgIpc) is 2.91. The minimum absolute atomic E-state index is 0.0542. The van der Waals surface area contributed by atoms with E-state index in [1.54, 1.807) is 0 Å². The molecule has 0 saturated heterocycles. The van der Waals surface area contributed by atoms with E-state index in [1.807, 2.05) is 4.90 Å². The molecule has 122 valence electrons. The van der Waals surface area contributed by atoms with Crippen LogP contribution < -0.4 is 5.32 Å². The molecule has 0 radical (unpaired) electrons. The second kappa shape index (κ2) is 9.60. The molecule has 0 aliphatic heterocycles. The Kier molecular flexibility index (Phi) is 8.12. The van der Waals surface area contributed by atoms with Crippen LogP contribution in [0, 0.1) is 5.92 Å². The summed E-state index contributed by atoms with van der Waals surface area (Å²) in [6.45, 7) is 5.34. The molecule has 1 aliphatic rings. The van der Waals surface area contributed by atoms with Crippen LogP contribution in [-0.4, -0.2) is 54.4 Å². The quantitative estimate of drug-likeness (QED) is 0.639. The third kappa shape index (κ3) is 7.32. The van der Waals surface area contributed by atoms with Gasteiger partial charge in [0.25, 0.3) is 0 Å². The summed E-state index contributed by atoms with van der Waals surface area (Å²) in [4.78, 5) is 24.5. The van der Waals surface area contributed by atoms with Gasteiger partial charge in [0.2, 0.25) is 0 Å². The zero-order valence-corrected chi connectivity index (χ0v) is 13.1. The summed E-state index contributed by atoms with van der Waals surface area (Å²) in [5, 5.41) is 11.3. The Balaban J connectivity index is 2.34. The lowest BCUT2D eigenvalue weighted by molar-refractivity contribution is -0.142. The van der Waals surface area contributed by atoms with E-state index in [9.17, 15) is 9.59 Å². The summed E-state index contributed by atoms with van der Waals surface area (Å²) in [6.07, 6.45) is 5.55. The van der Waals surface area contributed by atoms with Crippen LogP contribution in [0.3, 0.4) is 0 Å². The fraction of sp³-hybridized carbons (Fsp3) is 0.867. The zero-order chi connectivity index (χ0) is 15.7. The first-order valence-corrected chi connectivity index (χ1v) is 7.84. The maximum Gasteiger partial charge on any atom is 0.329 e. The number of carboxylic acid groups (broad SMARTS) is 1. The Morgan fingerprint density at radius 2 is 2.00 bits per heavy atom. The highest BCUT2D eigenvalue weighted by molar-refractivity contribution is 5.74. The third-order valence-corrected chi connectivity index (χ3v) is 3.72. The number of nitrogens with zero attached hydrogens (tertiary/aromatic N) is 1. The van der Waals surface area contributed by atoms with Gasteiger partial charge in [-0.1, -0.05) is 26.7 Å². The number of carbonyl (C=O) groups is 2. The molecule has 0 heterocycles. The maximum atomic E-state index is 12.3. The first-order valence-electron chi connectivity index (χ1n) is 7.84. The highest BCUT2D eigenvalue weighted by atomic mass is 16.5. The second-order valence-electron chi connectivity index (χ2n) is 5.99. The maximum absolute atomic E-state index is 12.3. The standard InChI is InChI=1S/C15H28N2O4/c1-12(2)7-9-17(13-5-3-4-6-13)15(20)16-8-10-21-11-14(18)19/h12-13H,3-11H2,1-2H3,(H,16,20)(H,18,19). The highest BCUT2D eigenvalue weighted by Gasteiger charge is 2.26. The summed E-state index contributed by atoms with van der Waals surface area (Å²) >= 11 is 0. The Bertz CT molecular complexity index is 328. The van der Waals surface area contributed by atoms with Crippen LogP contribution >= 0.6 is 0 Å². The molecule has 0 aromatic rings. The topological polar surface area (TPSA) is 78.9 Å². The molecule has 0 spiro atoms. The van der Waals surface area contributed by atoms with Crippen molar-refractivity contribution in [2.24, 2.45) is 5.92 Å². The van der Waals surface area contributed by atoms with E-state index < -0.39 is 5.97 Å². The molecule has 6 nitrogen and oxygen atoms in total. The monoisotopic (exact) mass is 300 g/mol. The number of rotatable bonds is 9. The van der Waals surface area contributed by atoms with Gasteiger partial charge in [-0.25, -0.2) is 9.59 Å². The van der Waals surface area contributed by atoms with Gasteiger partial charge in [-0.05, 0) is 25.2 Å². The van der Waals surface area contributed by atoms with Gasteiger partial charge >= 0.3 is 12.0 Å². The minimum atomic E-state index is -0.995. The molecule has 0 bridgehead atoms. The van der Waals surface area contributed by atoms with Crippen molar-refractivity contribution in [2.75, 3.05) is 26.3 Å². The van der Waals surface area contributed by atoms with Gasteiger partial charge in [-0.15, -0.1) is 0 Å². The molecular formula is C15H28N2O4. The molecule has 21 heavy (non-hydrogen) atoms. The Hall–Kier alpha value is -1.30. The molecule has 0 aromatic heterocycles. The lowest BCUT2D eigenvalue weighted by Crippen LogP contribution is -2.46. The molecule has 2 N–H and O–H groups in total. The smallest absolute Gasteiger partial charge is 0.329 e. The lowest BCUT2D eigenvalue weighted by atomic mass is 10.1. The number of urea groups is 1. The van der Waals surface area contributed by atoms with Gasteiger partial charge in [-0.3, -0.25) is 0 Å². The first kappa shape index (κ1) is 17.8. The van der Waals surface area contributed by atoms with Crippen LogP contribution in [0.1, 0.15) is 46.0 Å². The Labute approximate surface area is 126 Å². The third-order valence-electron chi connectivity index (χ3n) is 3.72. The molecule has 1 rings (SSSR count). The van der Waals surface area contributed by atoms with Crippen molar-refractivity contribution in [1.82, 2.24) is 10.2 Å². The fourth-order valence-corrected chi connectivity index (χ4v) is 2.55. The number of carbonyl (C=O) groups excluding carboxylic acids is 1. The Morgan fingerprint density at radius 1 is 1.33 bits per heavy atom. The van der Waals surface area contributed by atoms with Gasteiger partial charge in [0.15, 0.2) is 0 Å². The highest BCUT2D eigenvalue weighted by Crippen LogP contribution is 2.24. The first-order chi connectivity index (χ1) is 10.0. The van der Waals surface area contributed by atoms with Crippen molar-refractivity contribution in [2.45, 2.75) is 52.0 Å². The van der Waals surface area contributed by atoms with Crippen LogP contribution in [0.4, 0.5) is 4.79 Å². The van der Waals surface area contributed by atoms with E-state index in [1.165, 1.54) is 12.8 Å². The van der Waals surface area contributed by atoms with Crippen LogP contribution in [0.15, 0.2) is 0 Å². The summed E-state index contributed by atoms with van der Waals surface area (Å²) in [7, 11) is 0. The number of amides is 2. The van der Waals surface area contributed by atoms with Crippen molar-refractivity contribution in [3.8, 4) is 0 Å². The fourth-order valence-electron chi connectivity index (χ4n) is 2.55. The molecular weight excluding hydrogens is 272 g/mol. The number of hydrogen-bond acceptors (Lipinski definition) is 3. The number of aliphatic carboxylic acids is 1. The van der Waals surface area contributed by atoms with Crippen LogP contribution in [-0.2, 0) is 9.53 Å². The number of carboxylic acids is 1. The van der Waals surface area contributed by atoms with Crippen molar-refractivity contribution in [1.29, 1.82) is 0 Å². The summed E-state index contributed by atoms with van der Waals surface area (Å²) in [5.41, 5.74) is 0. The van der Waals surface area contributed by atoms with Crippen LogP contribution in [0.5, 0.6) is 0 Å². The van der Waals surface area contributed by atoms with Gasteiger partial charge in [0.05, 0.1) is 6.61 Å². The van der Waals surface area contributed by atoms with E-state index in [4.69, 9.17) is 9.84 Å². The van der Waals surface area contributed by atoms with Crippen molar-refractivity contribution in [3.63, 3.8) is 0 Å². The molecule has 1 saturated carbocycles. The van der Waals surface area contributed by atoms with E-state index >= 15 is 0 Å². The SMILES string of the molecule is CC(C)CCN(C(=O)NCCOCC(=O)O)C1CCCC1. The predicted molar refractivity (Wildman–Crippen MR) is 80.3 cm³/mol. The minimum Gasteiger partial charge on any atom is -0.480 e. The number of ether oxygens (including phenoxy) is 1. The number of nitrogens with one attached hydrogen (secondary N) is 1. The van der Waals surface area contributed by atoms with Gasteiger partial charge in [-0.2, -0.15) is 0 Å². The largest absolute Gasteiger partial charge is 0.480 e. The molecule has 0 unspecified atom stereocenters. The molecule has 2 amide bonds. The van der Waals surface area contributed by atoms with Gasteiger partial charge < -0.3 is 20.1 Å². The van der Waals surface area contributed by atoms with E-state index in [-0.39, 0.29) is 19.2 Å². The van der Waals surface area contributed by atoms with Crippen molar-refractivity contribution in [3.05, 3.63) is 0 Å². The molecule has 0 aromatic carbocycles. The van der Waals surface area contributed by atoms with Crippen LogP contribution in [0.2, 0.25) is 0 Å².